The minimum Gasteiger partial charge on any atom is -0.265 e. The number of pyridine rings is 1. The van der Waals surface area contributed by atoms with E-state index in [2.05, 4.69) is 169 Å². The van der Waals surface area contributed by atoms with Gasteiger partial charge >= 0.3 is 0 Å². The summed E-state index contributed by atoms with van der Waals surface area (Å²) in [7, 11) is 0. The van der Waals surface area contributed by atoms with Crippen LogP contribution in [-0.2, 0) is 5.41 Å². The van der Waals surface area contributed by atoms with Gasteiger partial charge in [0, 0.05) is 29.1 Å². The summed E-state index contributed by atoms with van der Waals surface area (Å²) in [6.45, 7) is 0. The Bertz CT molecular complexity index is 2870. The number of aromatic nitrogens is 4. The molecule has 2 heterocycles. The van der Waals surface area contributed by atoms with Gasteiger partial charge in [0.1, 0.15) is 0 Å². The summed E-state index contributed by atoms with van der Waals surface area (Å²) in [4.78, 5) is 19.6. The lowest BCUT2D eigenvalue weighted by Crippen LogP contribution is -2.29. The van der Waals surface area contributed by atoms with Crippen LogP contribution in [0, 0.1) is 0 Å². The summed E-state index contributed by atoms with van der Waals surface area (Å²) in [5, 5.41) is 0. The van der Waals surface area contributed by atoms with E-state index >= 15 is 0 Å². The Labute approximate surface area is 319 Å². The fraction of sp³-hybridized carbons (Fsp3) is 0.0196. The van der Waals surface area contributed by atoms with E-state index in [0.29, 0.717) is 17.5 Å². The van der Waals surface area contributed by atoms with Crippen molar-refractivity contribution in [1.29, 1.82) is 0 Å². The molecule has 2 aliphatic rings. The first-order chi connectivity index (χ1) is 27.3. The van der Waals surface area contributed by atoms with E-state index in [-0.39, 0.29) is 0 Å². The first kappa shape index (κ1) is 31.2. The lowest BCUT2D eigenvalue weighted by molar-refractivity contribution is 0.775. The van der Waals surface area contributed by atoms with E-state index in [0.717, 1.165) is 27.8 Å². The van der Waals surface area contributed by atoms with Crippen LogP contribution in [0.25, 0.3) is 78.7 Å². The second-order valence-electron chi connectivity index (χ2n) is 14.2. The lowest BCUT2D eigenvalue weighted by atomic mass is 9.66. The Kier molecular flexibility index (Phi) is 7.04. The smallest absolute Gasteiger partial charge is 0.164 e. The molecule has 11 rings (SSSR count). The number of benzene rings is 7. The summed E-state index contributed by atoms with van der Waals surface area (Å²) in [6, 6.07) is 65.3. The maximum Gasteiger partial charge on any atom is 0.164 e. The van der Waals surface area contributed by atoms with E-state index in [1.165, 1.54) is 55.6 Å². The van der Waals surface area contributed by atoms with Crippen molar-refractivity contribution >= 4 is 0 Å². The monoisotopic (exact) mass is 700 g/mol. The quantitative estimate of drug-likeness (QED) is 0.183. The zero-order chi connectivity index (χ0) is 36.3. The number of hydrogen-bond acceptors (Lipinski definition) is 4. The van der Waals surface area contributed by atoms with E-state index in [1.807, 2.05) is 18.2 Å². The van der Waals surface area contributed by atoms with Gasteiger partial charge in [-0.2, -0.15) is 0 Å². The van der Waals surface area contributed by atoms with Gasteiger partial charge in [0.05, 0.1) is 5.41 Å². The minimum atomic E-state index is -0.538. The molecule has 7 aromatic carbocycles. The van der Waals surface area contributed by atoms with Crippen LogP contribution >= 0.6 is 0 Å². The Hall–Kier alpha value is -7.30. The highest BCUT2D eigenvalue weighted by Crippen LogP contribution is 2.61. The Balaban J connectivity index is 1.16. The number of nitrogens with zero attached hydrogens (tertiary/aromatic N) is 4. The fourth-order valence-corrected chi connectivity index (χ4v) is 8.90. The summed E-state index contributed by atoms with van der Waals surface area (Å²) in [6.07, 6.45) is 3.56. The summed E-state index contributed by atoms with van der Waals surface area (Å²) < 4.78 is 0. The maximum absolute atomic E-state index is 5.19. The molecule has 0 bridgehead atoms. The van der Waals surface area contributed by atoms with E-state index in [9.17, 15) is 0 Å². The first-order valence-electron chi connectivity index (χ1n) is 18.6. The summed E-state index contributed by atoms with van der Waals surface area (Å²) >= 11 is 0. The van der Waals surface area contributed by atoms with Crippen molar-refractivity contribution in [1.82, 2.24) is 19.9 Å². The van der Waals surface area contributed by atoms with Crippen LogP contribution in [0.5, 0.6) is 0 Å². The lowest BCUT2D eigenvalue weighted by Gasteiger charge is -2.35. The average Bonchev–Trinajstić information content (AvgIpc) is 3.52. The van der Waals surface area contributed by atoms with Gasteiger partial charge in [-0.25, -0.2) is 15.0 Å². The van der Waals surface area contributed by atoms with Gasteiger partial charge in [-0.3, -0.25) is 4.98 Å². The van der Waals surface area contributed by atoms with Crippen LogP contribution in [0.1, 0.15) is 22.3 Å². The van der Waals surface area contributed by atoms with Crippen molar-refractivity contribution in [2.75, 3.05) is 0 Å². The molecule has 1 spiro atoms. The van der Waals surface area contributed by atoms with E-state index < -0.39 is 5.41 Å². The van der Waals surface area contributed by atoms with Crippen molar-refractivity contribution in [3.63, 3.8) is 0 Å². The van der Waals surface area contributed by atoms with E-state index in [1.54, 1.807) is 12.4 Å². The SMILES string of the molecule is c1ccc(-c2ccc(-c3nc(-c4ccncc4)nc(-c4ccc5c(c4)-c4ccccc4-c4ccccc4C54c5ccccc5-c5ccccc54)n3)cc2)cc1. The molecule has 2 aliphatic carbocycles. The minimum absolute atomic E-state index is 0.538. The molecule has 0 N–H and O–H groups in total. The fourth-order valence-electron chi connectivity index (χ4n) is 8.90. The third-order valence-electron chi connectivity index (χ3n) is 11.3. The third-order valence-corrected chi connectivity index (χ3v) is 11.3. The molecule has 0 aliphatic heterocycles. The Morgan fingerprint density at radius 2 is 0.655 bits per heavy atom. The number of hydrogen-bond donors (Lipinski definition) is 0. The van der Waals surface area contributed by atoms with Gasteiger partial charge < -0.3 is 0 Å². The molecule has 0 fully saturated rings. The van der Waals surface area contributed by atoms with Gasteiger partial charge in [0.25, 0.3) is 0 Å². The van der Waals surface area contributed by atoms with Crippen LogP contribution in [-0.4, -0.2) is 19.9 Å². The molecule has 256 valence electrons. The Morgan fingerprint density at radius 1 is 0.273 bits per heavy atom. The van der Waals surface area contributed by atoms with Crippen LogP contribution < -0.4 is 0 Å². The number of fused-ring (bicyclic) bond motifs is 12. The zero-order valence-corrected chi connectivity index (χ0v) is 29.8. The standard InChI is InChI=1S/C51H32N4/c1-2-12-33(13-3-1)34-22-24-35(25-23-34)48-53-49(36-28-30-52-31-29-36)55-50(54-48)37-26-27-47-43(32-37)39-15-5-4-14-38(39)40-16-6-9-19-44(40)51(47)45-20-10-7-17-41(45)42-18-8-11-21-46(42)51/h1-32H. The van der Waals surface area contributed by atoms with Gasteiger partial charge in [-0.15, -0.1) is 0 Å². The molecular weight excluding hydrogens is 669 g/mol. The highest BCUT2D eigenvalue weighted by molar-refractivity contribution is 5.98. The third kappa shape index (κ3) is 4.78. The van der Waals surface area contributed by atoms with Gasteiger partial charge in [0.2, 0.25) is 0 Å². The molecule has 4 nitrogen and oxygen atoms in total. The molecule has 9 aromatic rings. The van der Waals surface area contributed by atoms with Crippen LogP contribution in [0.2, 0.25) is 0 Å². The van der Waals surface area contributed by atoms with Crippen molar-refractivity contribution in [2.24, 2.45) is 0 Å². The van der Waals surface area contributed by atoms with Crippen molar-refractivity contribution in [3.05, 3.63) is 217 Å². The molecule has 0 unspecified atom stereocenters. The summed E-state index contributed by atoms with van der Waals surface area (Å²) in [5.41, 5.74) is 17.0. The normalized spacial score (nSPS) is 12.9. The molecule has 55 heavy (non-hydrogen) atoms. The average molecular weight is 701 g/mol. The molecule has 2 aromatic heterocycles. The van der Waals surface area contributed by atoms with Gasteiger partial charge in [0.15, 0.2) is 17.5 Å². The summed E-state index contributed by atoms with van der Waals surface area (Å²) in [5.74, 6) is 1.84. The predicted octanol–water partition coefficient (Wildman–Crippen LogP) is 11.9. The van der Waals surface area contributed by atoms with Crippen LogP contribution in [0.4, 0.5) is 0 Å². The molecule has 0 atom stereocenters. The zero-order valence-electron chi connectivity index (χ0n) is 29.8. The molecular formula is C51H32N4. The molecule has 0 amide bonds. The molecule has 4 heteroatoms. The van der Waals surface area contributed by atoms with E-state index in [4.69, 9.17) is 15.0 Å². The predicted molar refractivity (Wildman–Crippen MR) is 221 cm³/mol. The van der Waals surface area contributed by atoms with Gasteiger partial charge in [-0.1, -0.05) is 164 Å². The van der Waals surface area contributed by atoms with Crippen LogP contribution in [0.3, 0.4) is 0 Å². The van der Waals surface area contributed by atoms with Crippen molar-refractivity contribution < 1.29 is 0 Å². The second-order valence-corrected chi connectivity index (χ2v) is 14.2. The first-order valence-corrected chi connectivity index (χ1v) is 18.6. The maximum atomic E-state index is 5.19. The van der Waals surface area contributed by atoms with Crippen molar-refractivity contribution in [2.45, 2.75) is 5.41 Å². The van der Waals surface area contributed by atoms with Crippen LogP contribution in [0.15, 0.2) is 194 Å². The molecule has 0 radical (unpaired) electrons. The largest absolute Gasteiger partial charge is 0.265 e. The van der Waals surface area contributed by atoms with Gasteiger partial charge in [-0.05, 0) is 85.0 Å². The van der Waals surface area contributed by atoms with Crippen molar-refractivity contribution in [3.8, 4) is 78.7 Å². The Morgan fingerprint density at radius 3 is 1.24 bits per heavy atom. The highest BCUT2D eigenvalue weighted by atomic mass is 15.0. The molecule has 0 saturated heterocycles. The number of rotatable bonds is 4. The highest BCUT2D eigenvalue weighted by Gasteiger charge is 2.49. The topological polar surface area (TPSA) is 51.6 Å². The molecule has 0 saturated carbocycles. The second kappa shape index (κ2) is 12.4.